The molecule has 0 aliphatic rings. The second-order valence-corrected chi connectivity index (χ2v) is 5.42. The lowest BCUT2D eigenvalue weighted by Crippen LogP contribution is -2.13. The van der Waals surface area contributed by atoms with E-state index in [0.29, 0.717) is 11.1 Å². The van der Waals surface area contributed by atoms with Crippen molar-refractivity contribution in [2.24, 2.45) is 0 Å². The van der Waals surface area contributed by atoms with Gasteiger partial charge in [-0.2, -0.15) is 0 Å². The number of halogens is 2. The molecule has 0 heterocycles. The lowest BCUT2D eigenvalue weighted by Gasteiger charge is -2.08. The summed E-state index contributed by atoms with van der Waals surface area (Å²) in [5.41, 5.74) is 1.45. The van der Waals surface area contributed by atoms with Crippen molar-refractivity contribution < 1.29 is 19.1 Å². The number of aromatic carboxylic acids is 1. The predicted molar refractivity (Wildman–Crippen MR) is 92.7 cm³/mol. The molecule has 0 aliphatic heterocycles. The van der Waals surface area contributed by atoms with Gasteiger partial charge in [-0.15, -0.1) is 0 Å². The topological polar surface area (TPSA) is 66.4 Å². The Hall–Kier alpha value is -2.66. The molecule has 0 aliphatic carbocycles. The highest BCUT2D eigenvalue weighted by molar-refractivity contribution is 6.32. The predicted octanol–water partition coefficient (Wildman–Crippen LogP) is 4.70. The summed E-state index contributed by atoms with van der Waals surface area (Å²) in [7, 11) is 0. The summed E-state index contributed by atoms with van der Waals surface area (Å²) >= 11 is 5.94. The zero-order valence-electron chi connectivity index (χ0n) is 12.8. The summed E-state index contributed by atoms with van der Waals surface area (Å²) in [6, 6.07) is 8.67. The largest absolute Gasteiger partial charge is 0.478 e. The standard InChI is InChI=1S/C18H15ClFNO3/c1-2-17(22)21-16-8-4-11(9-14(16)18(23)24)3-5-12-6-7-13(20)10-15(12)19/h3-10H,2H2,1H3,(H,21,22)(H,23,24). The molecule has 2 N–H and O–H groups in total. The smallest absolute Gasteiger partial charge is 0.337 e. The van der Waals surface area contributed by atoms with E-state index in [0.717, 1.165) is 0 Å². The molecule has 0 unspecified atom stereocenters. The molecule has 2 aromatic carbocycles. The summed E-state index contributed by atoms with van der Waals surface area (Å²) in [5, 5.41) is 12.1. The maximum absolute atomic E-state index is 13.0. The van der Waals surface area contributed by atoms with Gasteiger partial charge in [0.25, 0.3) is 0 Å². The first-order chi connectivity index (χ1) is 11.4. The summed E-state index contributed by atoms with van der Waals surface area (Å²) < 4.78 is 13.0. The van der Waals surface area contributed by atoms with Crippen molar-refractivity contribution in [3.05, 3.63) is 63.9 Å². The molecule has 0 fully saturated rings. The van der Waals surface area contributed by atoms with E-state index >= 15 is 0 Å². The molecular formula is C18H15ClFNO3. The molecule has 0 saturated carbocycles. The van der Waals surface area contributed by atoms with Crippen LogP contribution in [0.25, 0.3) is 12.2 Å². The zero-order chi connectivity index (χ0) is 17.7. The van der Waals surface area contributed by atoms with Gasteiger partial charge in [-0.1, -0.05) is 42.8 Å². The summed E-state index contributed by atoms with van der Waals surface area (Å²) in [6.07, 6.45) is 3.58. The number of nitrogens with one attached hydrogen (secondary N) is 1. The molecule has 0 bridgehead atoms. The minimum atomic E-state index is -1.14. The molecule has 6 heteroatoms. The van der Waals surface area contributed by atoms with Gasteiger partial charge >= 0.3 is 5.97 Å². The van der Waals surface area contributed by atoms with E-state index in [9.17, 15) is 19.1 Å². The number of carbonyl (C=O) groups excluding carboxylic acids is 1. The second kappa shape index (κ2) is 7.75. The minimum absolute atomic E-state index is 0.0100. The van der Waals surface area contributed by atoms with Crippen LogP contribution in [0.5, 0.6) is 0 Å². The normalized spacial score (nSPS) is 10.8. The van der Waals surface area contributed by atoms with Gasteiger partial charge in [-0.25, -0.2) is 9.18 Å². The monoisotopic (exact) mass is 347 g/mol. The van der Waals surface area contributed by atoms with Crippen molar-refractivity contribution in [2.75, 3.05) is 5.32 Å². The van der Waals surface area contributed by atoms with Gasteiger partial charge in [-0.3, -0.25) is 4.79 Å². The molecule has 0 atom stereocenters. The molecule has 24 heavy (non-hydrogen) atoms. The number of carboxylic acid groups (broad SMARTS) is 1. The molecule has 0 radical (unpaired) electrons. The maximum Gasteiger partial charge on any atom is 0.337 e. The van der Waals surface area contributed by atoms with E-state index in [1.807, 2.05) is 0 Å². The van der Waals surface area contributed by atoms with Crippen molar-refractivity contribution in [2.45, 2.75) is 13.3 Å². The van der Waals surface area contributed by atoms with Gasteiger partial charge in [0.05, 0.1) is 16.3 Å². The molecular weight excluding hydrogens is 333 g/mol. The van der Waals surface area contributed by atoms with Crippen LogP contribution in [-0.2, 0) is 4.79 Å². The van der Waals surface area contributed by atoms with Gasteiger partial charge in [0, 0.05) is 6.42 Å². The van der Waals surface area contributed by atoms with Crippen LogP contribution in [0.1, 0.15) is 34.8 Å². The van der Waals surface area contributed by atoms with Crippen molar-refractivity contribution >= 4 is 41.3 Å². The molecule has 2 rings (SSSR count). The van der Waals surface area contributed by atoms with Crippen LogP contribution in [0.15, 0.2) is 36.4 Å². The highest BCUT2D eigenvalue weighted by atomic mass is 35.5. The number of hydrogen-bond donors (Lipinski definition) is 2. The van der Waals surface area contributed by atoms with Gasteiger partial charge in [0.2, 0.25) is 5.91 Å². The first kappa shape index (κ1) is 17.7. The Balaban J connectivity index is 2.31. The Morgan fingerprint density at radius 3 is 2.58 bits per heavy atom. The molecule has 0 spiro atoms. The van der Waals surface area contributed by atoms with E-state index in [4.69, 9.17) is 11.6 Å². The summed E-state index contributed by atoms with van der Waals surface area (Å²) in [4.78, 5) is 22.8. The van der Waals surface area contributed by atoms with E-state index in [1.54, 1.807) is 25.1 Å². The quantitative estimate of drug-likeness (QED) is 0.771. The summed E-state index contributed by atoms with van der Waals surface area (Å²) in [5.74, 6) is -1.84. The van der Waals surface area contributed by atoms with E-state index in [-0.39, 0.29) is 28.6 Å². The lowest BCUT2D eigenvalue weighted by atomic mass is 10.1. The number of carboxylic acids is 1. The highest BCUT2D eigenvalue weighted by Gasteiger charge is 2.12. The highest BCUT2D eigenvalue weighted by Crippen LogP contribution is 2.22. The van der Waals surface area contributed by atoms with Crippen molar-refractivity contribution in [3.8, 4) is 0 Å². The number of anilines is 1. The fourth-order valence-corrected chi connectivity index (χ4v) is 2.24. The lowest BCUT2D eigenvalue weighted by molar-refractivity contribution is -0.115. The van der Waals surface area contributed by atoms with Gasteiger partial charge in [-0.05, 0) is 35.4 Å². The fraction of sp³-hybridized carbons (Fsp3) is 0.111. The summed E-state index contributed by atoms with van der Waals surface area (Å²) in [6.45, 7) is 1.68. The van der Waals surface area contributed by atoms with E-state index < -0.39 is 11.8 Å². The van der Waals surface area contributed by atoms with E-state index in [1.165, 1.54) is 30.3 Å². The Morgan fingerprint density at radius 1 is 1.21 bits per heavy atom. The number of rotatable bonds is 5. The SMILES string of the molecule is CCC(=O)Nc1ccc(C=Cc2ccc(F)cc2Cl)cc1C(=O)O. The molecule has 1 amide bonds. The van der Waals surface area contributed by atoms with Crippen molar-refractivity contribution in [1.29, 1.82) is 0 Å². The first-order valence-electron chi connectivity index (χ1n) is 7.21. The average Bonchev–Trinajstić information content (AvgIpc) is 2.54. The van der Waals surface area contributed by atoms with Crippen LogP contribution in [0.3, 0.4) is 0 Å². The van der Waals surface area contributed by atoms with Gasteiger partial charge < -0.3 is 10.4 Å². The van der Waals surface area contributed by atoms with Crippen molar-refractivity contribution in [3.63, 3.8) is 0 Å². The van der Waals surface area contributed by atoms with Crippen LogP contribution in [-0.4, -0.2) is 17.0 Å². The fourth-order valence-electron chi connectivity index (χ4n) is 2.01. The third-order valence-electron chi connectivity index (χ3n) is 3.29. The van der Waals surface area contributed by atoms with Gasteiger partial charge in [0.1, 0.15) is 5.82 Å². The third kappa shape index (κ3) is 4.43. The molecule has 4 nitrogen and oxygen atoms in total. The van der Waals surface area contributed by atoms with Crippen LogP contribution >= 0.6 is 11.6 Å². The van der Waals surface area contributed by atoms with Crippen LogP contribution in [0.2, 0.25) is 5.02 Å². The van der Waals surface area contributed by atoms with Crippen LogP contribution in [0.4, 0.5) is 10.1 Å². The first-order valence-corrected chi connectivity index (χ1v) is 7.59. The minimum Gasteiger partial charge on any atom is -0.478 e. The Bertz CT molecular complexity index is 818. The molecule has 0 aromatic heterocycles. The van der Waals surface area contributed by atoms with Crippen LogP contribution in [0, 0.1) is 5.82 Å². The van der Waals surface area contributed by atoms with Gasteiger partial charge in [0.15, 0.2) is 0 Å². The zero-order valence-corrected chi connectivity index (χ0v) is 13.6. The number of hydrogen-bond acceptors (Lipinski definition) is 2. The number of benzene rings is 2. The third-order valence-corrected chi connectivity index (χ3v) is 3.61. The second-order valence-electron chi connectivity index (χ2n) is 5.01. The maximum atomic E-state index is 13.0. The Labute approximate surface area is 143 Å². The molecule has 2 aromatic rings. The molecule has 124 valence electrons. The molecule has 0 saturated heterocycles. The Kier molecular flexibility index (Phi) is 5.71. The van der Waals surface area contributed by atoms with Crippen LogP contribution < -0.4 is 5.32 Å². The Morgan fingerprint density at radius 2 is 1.96 bits per heavy atom. The number of carbonyl (C=O) groups is 2. The average molecular weight is 348 g/mol. The van der Waals surface area contributed by atoms with Crippen molar-refractivity contribution in [1.82, 2.24) is 0 Å². The number of amides is 1. The van der Waals surface area contributed by atoms with E-state index in [2.05, 4.69) is 5.32 Å².